The molecule has 2 fully saturated rings. The van der Waals surface area contributed by atoms with Crippen LogP contribution in [0.4, 0.5) is 0 Å². The Morgan fingerprint density at radius 1 is 0.800 bits per heavy atom. The highest BCUT2D eigenvalue weighted by Crippen LogP contribution is 2.36. The van der Waals surface area contributed by atoms with E-state index < -0.39 is 0 Å². The van der Waals surface area contributed by atoms with Crippen LogP contribution in [0.1, 0.15) is 91.4 Å². The first-order valence-corrected chi connectivity index (χ1v) is 9.29. The lowest BCUT2D eigenvalue weighted by Gasteiger charge is -2.29. The maximum atomic E-state index is 3.88. The molecule has 1 heteroatoms. The first-order valence-electron chi connectivity index (χ1n) is 9.29. The minimum absolute atomic E-state index is 0.511. The van der Waals surface area contributed by atoms with Gasteiger partial charge in [0.1, 0.15) is 0 Å². The van der Waals surface area contributed by atoms with Crippen LogP contribution < -0.4 is 5.32 Å². The van der Waals surface area contributed by atoms with Gasteiger partial charge in [0.2, 0.25) is 0 Å². The Balaban J connectivity index is 1.64. The maximum Gasteiger partial charge on any atom is 0.00671 e. The van der Waals surface area contributed by atoms with Gasteiger partial charge >= 0.3 is 0 Å². The monoisotopic (exact) mass is 279 g/mol. The zero-order valence-electron chi connectivity index (χ0n) is 14.2. The van der Waals surface area contributed by atoms with E-state index in [2.05, 4.69) is 26.1 Å². The number of hydrogen-bond donors (Lipinski definition) is 1. The predicted molar refractivity (Wildman–Crippen MR) is 89.0 cm³/mol. The van der Waals surface area contributed by atoms with Gasteiger partial charge in [0, 0.05) is 6.04 Å². The molecule has 0 aromatic heterocycles. The number of hydrogen-bond acceptors (Lipinski definition) is 1. The Hall–Kier alpha value is -0.0400. The lowest BCUT2D eigenvalue weighted by molar-refractivity contribution is 0.213. The molecule has 0 aliphatic heterocycles. The number of rotatable bonds is 4. The fourth-order valence-corrected chi connectivity index (χ4v) is 4.34. The Morgan fingerprint density at radius 2 is 1.55 bits per heavy atom. The summed E-state index contributed by atoms with van der Waals surface area (Å²) in [4.78, 5) is 0. The van der Waals surface area contributed by atoms with Gasteiger partial charge in [0.05, 0.1) is 0 Å². The molecule has 1 N–H and O–H groups in total. The van der Waals surface area contributed by atoms with Crippen molar-refractivity contribution in [3.05, 3.63) is 0 Å². The minimum Gasteiger partial charge on any atom is -0.314 e. The summed E-state index contributed by atoms with van der Waals surface area (Å²) in [5, 5.41) is 3.88. The van der Waals surface area contributed by atoms with Crippen LogP contribution in [-0.2, 0) is 0 Å². The van der Waals surface area contributed by atoms with Gasteiger partial charge in [0.25, 0.3) is 0 Å². The predicted octanol–water partition coefficient (Wildman–Crippen LogP) is 5.54. The van der Waals surface area contributed by atoms with E-state index in [1.165, 1.54) is 77.2 Å². The lowest BCUT2D eigenvalue weighted by atomic mass is 9.76. The largest absolute Gasteiger partial charge is 0.314 e. The summed E-state index contributed by atoms with van der Waals surface area (Å²) in [6.45, 7) is 8.55. The van der Waals surface area contributed by atoms with Gasteiger partial charge in [-0.15, -0.1) is 0 Å². The van der Waals surface area contributed by atoms with Gasteiger partial charge < -0.3 is 5.32 Å². The zero-order chi connectivity index (χ0) is 14.4. The third-order valence-electron chi connectivity index (χ3n) is 5.90. The van der Waals surface area contributed by atoms with E-state index in [9.17, 15) is 0 Å². The second kappa shape index (κ2) is 7.82. The third kappa shape index (κ3) is 5.39. The third-order valence-corrected chi connectivity index (χ3v) is 5.90. The molecule has 20 heavy (non-hydrogen) atoms. The topological polar surface area (TPSA) is 12.0 Å². The van der Waals surface area contributed by atoms with Crippen molar-refractivity contribution in [2.45, 2.75) is 97.4 Å². The van der Waals surface area contributed by atoms with Crippen molar-refractivity contribution < 1.29 is 0 Å². The smallest absolute Gasteiger partial charge is 0.00671 e. The van der Waals surface area contributed by atoms with Crippen LogP contribution in [-0.4, -0.2) is 12.6 Å². The summed E-state index contributed by atoms with van der Waals surface area (Å²) in [6, 6.07) is 0.811. The van der Waals surface area contributed by atoms with Crippen LogP contribution >= 0.6 is 0 Å². The Bertz CT molecular complexity index is 259. The molecular formula is C19H37N. The van der Waals surface area contributed by atoms with Crippen molar-refractivity contribution in [2.75, 3.05) is 6.54 Å². The number of nitrogens with one attached hydrogen (secondary N) is 1. The molecule has 0 spiro atoms. The van der Waals surface area contributed by atoms with Gasteiger partial charge in [-0.3, -0.25) is 0 Å². The Labute approximate surface area is 127 Å². The molecule has 118 valence electrons. The van der Waals surface area contributed by atoms with Crippen molar-refractivity contribution in [1.29, 1.82) is 0 Å². The molecule has 0 bridgehead atoms. The van der Waals surface area contributed by atoms with E-state index in [-0.39, 0.29) is 0 Å². The molecule has 0 aromatic rings. The van der Waals surface area contributed by atoms with Crippen LogP contribution in [0.5, 0.6) is 0 Å². The van der Waals surface area contributed by atoms with Gasteiger partial charge in [-0.1, -0.05) is 59.3 Å². The standard InChI is InChI=1S/C19H37N/c1-19(2,3)17-10-7-11-18(13-12-17)20-15-14-16-8-5-4-6-9-16/h16-18,20H,4-15H2,1-3H3. The quantitative estimate of drug-likeness (QED) is 0.666. The van der Waals surface area contributed by atoms with Crippen molar-refractivity contribution >= 4 is 0 Å². The van der Waals surface area contributed by atoms with E-state index in [1.807, 2.05) is 0 Å². The summed E-state index contributed by atoms with van der Waals surface area (Å²) >= 11 is 0. The SMILES string of the molecule is CC(C)(C)C1CCCC(NCCC2CCCCC2)CC1. The molecule has 2 unspecified atom stereocenters. The Morgan fingerprint density at radius 3 is 2.25 bits per heavy atom. The van der Waals surface area contributed by atoms with Crippen LogP contribution in [0.15, 0.2) is 0 Å². The van der Waals surface area contributed by atoms with Gasteiger partial charge in [0.15, 0.2) is 0 Å². The van der Waals surface area contributed by atoms with Gasteiger partial charge in [-0.05, 0) is 55.9 Å². The summed E-state index contributed by atoms with van der Waals surface area (Å²) in [6.07, 6.45) is 16.0. The molecule has 0 heterocycles. The molecule has 1 nitrogen and oxygen atoms in total. The molecule has 2 aliphatic rings. The molecule has 2 aliphatic carbocycles. The van der Waals surface area contributed by atoms with E-state index in [0.717, 1.165) is 17.9 Å². The highest BCUT2D eigenvalue weighted by atomic mass is 14.9. The van der Waals surface area contributed by atoms with Crippen molar-refractivity contribution in [3.63, 3.8) is 0 Å². The molecule has 0 aromatic carbocycles. The first-order chi connectivity index (χ1) is 9.55. The van der Waals surface area contributed by atoms with Gasteiger partial charge in [-0.2, -0.15) is 0 Å². The van der Waals surface area contributed by atoms with Crippen LogP contribution in [0.25, 0.3) is 0 Å². The van der Waals surface area contributed by atoms with Crippen LogP contribution in [0, 0.1) is 17.3 Å². The summed E-state index contributed by atoms with van der Waals surface area (Å²) in [7, 11) is 0. The van der Waals surface area contributed by atoms with Crippen molar-refractivity contribution in [2.24, 2.45) is 17.3 Å². The second-order valence-electron chi connectivity index (χ2n) is 8.51. The fraction of sp³-hybridized carbons (Fsp3) is 1.00. The fourth-order valence-electron chi connectivity index (χ4n) is 4.34. The summed E-state index contributed by atoms with van der Waals surface area (Å²) in [5.74, 6) is 1.97. The van der Waals surface area contributed by atoms with Crippen molar-refractivity contribution in [3.8, 4) is 0 Å². The van der Waals surface area contributed by atoms with Crippen molar-refractivity contribution in [1.82, 2.24) is 5.32 Å². The average Bonchev–Trinajstić information content (AvgIpc) is 2.65. The second-order valence-corrected chi connectivity index (χ2v) is 8.51. The molecule has 2 saturated carbocycles. The summed E-state index contributed by atoms with van der Waals surface area (Å²) in [5.41, 5.74) is 0.511. The molecular weight excluding hydrogens is 242 g/mol. The lowest BCUT2D eigenvalue weighted by Crippen LogP contribution is -2.31. The van der Waals surface area contributed by atoms with Gasteiger partial charge in [-0.25, -0.2) is 0 Å². The molecule has 2 rings (SSSR count). The molecule has 0 amide bonds. The molecule has 0 saturated heterocycles. The Kier molecular flexibility index (Phi) is 6.39. The molecule has 0 radical (unpaired) electrons. The first kappa shape index (κ1) is 16.3. The highest BCUT2D eigenvalue weighted by molar-refractivity contribution is 4.81. The van der Waals surface area contributed by atoms with E-state index >= 15 is 0 Å². The van der Waals surface area contributed by atoms with E-state index in [0.29, 0.717) is 5.41 Å². The van der Waals surface area contributed by atoms with Crippen LogP contribution in [0.3, 0.4) is 0 Å². The highest BCUT2D eigenvalue weighted by Gasteiger charge is 2.27. The van der Waals surface area contributed by atoms with Crippen LogP contribution in [0.2, 0.25) is 0 Å². The van der Waals surface area contributed by atoms with E-state index in [4.69, 9.17) is 0 Å². The minimum atomic E-state index is 0.511. The average molecular weight is 280 g/mol. The molecule has 2 atom stereocenters. The maximum absolute atomic E-state index is 3.88. The van der Waals surface area contributed by atoms with E-state index in [1.54, 1.807) is 0 Å². The summed E-state index contributed by atoms with van der Waals surface area (Å²) < 4.78 is 0. The normalized spacial score (nSPS) is 30.1. The zero-order valence-corrected chi connectivity index (χ0v) is 14.2.